The van der Waals surface area contributed by atoms with E-state index in [4.69, 9.17) is 4.74 Å². The molecule has 6 rings (SSSR count). The zero-order valence-electron chi connectivity index (χ0n) is 28.1. The molecular formula is C38H53NO5. The van der Waals surface area contributed by atoms with E-state index in [1.165, 1.54) is 12.5 Å². The standard InChI is InChI=1S/C38H53NO5/c1-23(40)44-30-14-15-36(6)29(33(30,2)3)13-16-38(8)31(36)28(42)21-24-25-22-35(5,18-17-34(25,4)19-20-37(24,38)7)32(43)39-26-11-9-10-12-27(26)41/h9-12,21,25,29-31,41H,13-20,22H2,1-8H3,(H,39,43)/t25-,29-,30+,31-,34-,35+,36-,37+,38-/m1/s1. The van der Waals surface area contributed by atoms with Gasteiger partial charge in [-0.15, -0.1) is 0 Å². The number of phenols is 1. The Morgan fingerprint density at radius 3 is 2.27 bits per heavy atom. The largest absolute Gasteiger partial charge is 0.506 e. The monoisotopic (exact) mass is 603 g/mol. The van der Waals surface area contributed by atoms with Gasteiger partial charge in [0, 0.05) is 23.7 Å². The average Bonchev–Trinajstić information content (AvgIpc) is 2.93. The molecule has 0 aromatic heterocycles. The van der Waals surface area contributed by atoms with Crippen LogP contribution in [0.3, 0.4) is 0 Å². The molecule has 0 spiro atoms. The molecule has 6 nitrogen and oxygen atoms in total. The summed E-state index contributed by atoms with van der Waals surface area (Å²) in [7, 11) is 0. The molecule has 0 aliphatic heterocycles. The van der Waals surface area contributed by atoms with Gasteiger partial charge >= 0.3 is 5.97 Å². The van der Waals surface area contributed by atoms with Crippen LogP contribution in [0.2, 0.25) is 0 Å². The Balaban J connectivity index is 1.35. The molecule has 5 aliphatic rings. The molecule has 4 saturated carbocycles. The second-order valence-electron chi connectivity index (χ2n) is 17.2. The summed E-state index contributed by atoms with van der Waals surface area (Å²) in [4.78, 5) is 40.5. The number of esters is 1. The van der Waals surface area contributed by atoms with E-state index < -0.39 is 5.41 Å². The van der Waals surface area contributed by atoms with Crippen LogP contribution in [0.5, 0.6) is 5.75 Å². The summed E-state index contributed by atoms with van der Waals surface area (Å²) >= 11 is 0. The lowest BCUT2D eigenvalue weighted by Crippen LogP contribution is -2.66. The van der Waals surface area contributed by atoms with Gasteiger partial charge in [-0.2, -0.15) is 0 Å². The smallest absolute Gasteiger partial charge is 0.302 e. The summed E-state index contributed by atoms with van der Waals surface area (Å²) in [6.07, 6.45) is 10.2. The molecule has 4 fully saturated rings. The number of amides is 1. The number of fused-ring (bicyclic) bond motifs is 7. The fourth-order valence-corrected chi connectivity index (χ4v) is 11.6. The predicted molar refractivity (Wildman–Crippen MR) is 172 cm³/mol. The SMILES string of the molecule is CC(=O)O[C@H]1CC[C@]2(C)[C@H](CC[C@]3(C)[C@@H]2C(=O)C=C2[C@H]4C[C@@](C)(C(=O)Nc5ccccc5O)CC[C@]4(C)CC[C@@]23C)C1(C)C. The first-order chi connectivity index (χ1) is 20.4. The van der Waals surface area contributed by atoms with Gasteiger partial charge in [-0.1, -0.05) is 66.2 Å². The second kappa shape index (κ2) is 9.93. The number of ether oxygens (including phenoxy) is 1. The average molecular weight is 604 g/mol. The van der Waals surface area contributed by atoms with Crippen molar-refractivity contribution >= 4 is 23.3 Å². The highest BCUT2D eigenvalue weighted by molar-refractivity contribution is 5.97. The van der Waals surface area contributed by atoms with E-state index in [1.54, 1.807) is 18.2 Å². The van der Waals surface area contributed by atoms with Gasteiger partial charge in [-0.05, 0) is 109 Å². The summed E-state index contributed by atoms with van der Waals surface area (Å²) < 4.78 is 5.86. The van der Waals surface area contributed by atoms with E-state index >= 15 is 0 Å². The summed E-state index contributed by atoms with van der Waals surface area (Å²) in [6.45, 7) is 17.7. The van der Waals surface area contributed by atoms with Gasteiger partial charge in [0.15, 0.2) is 5.78 Å². The lowest BCUT2D eigenvalue weighted by molar-refractivity contribution is -0.210. The number of hydrogen-bond donors (Lipinski definition) is 2. The molecule has 5 aliphatic carbocycles. The molecule has 0 unspecified atom stereocenters. The number of phenolic OH excluding ortho intramolecular Hbond substituents is 1. The van der Waals surface area contributed by atoms with Gasteiger partial charge in [0.25, 0.3) is 0 Å². The molecule has 1 amide bonds. The minimum atomic E-state index is -0.602. The van der Waals surface area contributed by atoms with E-state index in [-0.39, 0.29) is 68.4 Å². The fraction of sp³-hybridized carbons (Fsp3) is 0.711. The Labute approximate surface area is 263 Å². The van der Waals surface area contributed by atoms with Crippen LogP contribution in [-0.2, 0) is 19.1 Å². The third-order valence-corrected chi connectivity index (χ3v) is 14.5. The number of carbonyl (C=O) groups is 3. The molecule has 9 atom stereocenters. The molecular weight excluding hydrogens is 550 g/mol. The number of anilines is 1. The number of allylic oxidation sites excluding steroid dienone is 2. The predicted octanol–water partition coefficient (Wildman–Crippen LogP) is 8.24. The van der Waals surface area contributed by atoms with Crippen LogP contribution in [0.25, 0.3) is 0 Å². The molecule has 2 N–H and O–H groups in total. The van der Waals surface area contributed by atoms with Crippen LogP contribution < -0.4 is 5.32 Å². The number of carbonyl (C=O) groups excluding carboxylic acids is 3. The van der Waals surface area contributed by atoms with Crippen molar-refractivity contribution in [3.8, 4) is 5.75 Å². The van der Waals surface area contributed by atoms with Gasteiger partial charge in [-0.3, -0.25) is 14.4 Å². The highest BCUT2D eigenvalue weighted by Crippen LogP contribution is 2.75. The van der Waals surface area contributed by atoms with Gasteiger partial charge < -0.3 is 15.2 Å². The number of hydrogen-bond acceptors (Lipinski definition) is 5. The Morgan fingerprint density at radius 2 is 1.59 bits per heavy atom. The summed E-state index contributed by atoms with van der Waals surface area (Å²) in [5.74, 6) is 0.425. The van der Waals surface area contributed by atoms with Crippen molar-refractivity contribution in [1.82, 2.24) is 0 Å². The van der Waals surface area contributed by atoms with Crippen LogP contribution in [0.1, 0.15) is 113 Å². The first-order valence-electron chi connectivity index (χ1n) is 16.9. The molecule has 240 valence electrons. The van der Waals surface area contributed by atoms with E-state index in [1.807, 2.05) is 6.07 Å². The van der Waals surface area contributed by atoms with Crippen LogP contribution in [-0.4, -0.2) is 28.9 Å². The minimum absolute atomic E-state index is 0.0503. The van der Waals surface area contributed by atoms with Gasteiger partial charge in [-0.25, -0.2) is 0 Å². The first-order valence-corrected chi connectivity index (χ1v) is 16.9. The maximum Gasteiger partial charge on any atom is 0.302 e. The van der Waals surface area contributed by atoms with Crippen LogP contribution >= 0.6 is 0 Å². The van der Waals surface area contributed by atoms with Crippen molar-refractivity contribution in [3.63, 3.8) is 0 Å². The third kappa shape index (κ3) is 4.28. The van der Waals surface area contributed by atoms with Crippen molar-refractivity contribution in [2.45, 2.75) is 119 Å². The zero-order valence-corrected chi connectivity index (χ0v) is 28.1. The molecule has 0 radical (unpaired) electrons. The molecule has 1 aromatic rings. The number of benzene rings is 1. The fourth-order valence-electron chi connectivity index (χ4n) is 11.6. The number of rotatable bonds is 3. The lowest BCUT2D eigenvalue weighted by atomic mass is 9.33. The van der Waals surface area contributed by atoms with Crippen molar-refractivity contribution < 1.29 is 24.2 Å². The quantitative estimate of drug-likeness (QED) is 0.268. The maximum atomic E-state index is 14.6. The van der Waals surface area contributed by atoms with E-state index in [2.05, 4.69) is 59.9 Å². The normalized spacial score (nSPS) is 44.2. The highest BCUT2D eigenvalue weighted by atomic mass is 16.5. The molecule has 0 bridgehead atoms. The summed E-state index contributed by atoms with van der Waals surface area (Å²) in [5, 5.41) is 13.4. The minimum Gasteiger partial charge on any atom is -0.506 e. The van der Waals surface area contributed by atoms with Crippen LogP contribution in [0, 0.1) is 50.2 Å². The number of aromatic hydroxyl groups is 1. The van der Waals surface area contributed by atoms with Gasteiger partial charge in [0.2, 0.25) is 5.91 Å². The van der Waals surface area contributed by atoms with Gasteiger partial charge in [0.05, 0.1) is 5.69 Å². The Hall–Kier alpha value is -2.63. The van der Waals surface area contributed by atoms with E-state index in [0.717, 1.165) is 51.4 Å². The summed E-state index contributed by atoms with van der Waals surface area (Å²) in [6, 6.07) is 6.90. The van der Waals surface area contributed by atoms with E-state index in [9.17, 15) is 19.5 Å². The highest BCUT2D eigenvalue weighted by Gasteiger charge is 2.70. The Kier molecular flexibility index (Phi) is 7.08. The number of nitrogens with one attached hydrogen (secondary N) is 1. The number of ketones is 1. The van der Waals surface area contributed by atoms with Crippen LogP contribution in [0.15, 0.2) is 35.9 Å². The third-order valence-electron chi connectivity index (χ3n) is 14.5. The molecule has 0 heterocycles. The summed E-state index contributed by atoms with van der Waals surface area (Å²) in [5.41, 5.74) is 0.482. The maximum absolute atomic E-state index is 14.6. The van der Waals surface area contributed by atoms with Crippen molar-refractivity contribution in [2.24, 2.45) is 50.2 Å². The molecule has 6 heteroatoms. The van der Waals surface area contributed by atoms with Crippen molar-refractivity contribution in [2.75, 3.05) is 5.32 Å². The first kappa shape index (κ1) is 31.4. The second-order valence-corrected chi connectivity index (χ2v) is 17.2. The topological polar surface area (TPSA) is 92.7 Å². The van der Waals surface area contributed by atoms with Crippen LogP contribution in [0.4, 0.5) is 5.69 Å². The van der Waals surface area contributed by atoms with E-state index in [0.29, 0.717) is 18.0 Å². The van der Waals surface area contributed by atoms with Gasteiger partial charge in [0.1, 0.15) is 11.9 Å². The van der Waals surface area contributed by atoms with Crippen molar-refractivity contribution in [1.29, 1.82) is 0 Å². The number of para-hydroxylation sites is 2. The zero-order chi connectivity index (χ0) is 32.1. The Morgan fingerprint density at radius 1 is 0.909 bits per heavy atom. The molecule has 44 heavy (non-hydrogen) atoms. The van der Waals surface area contributed by atoms with Crippen molar-refractivity contribution in [3.05, 3.63) is 35.9 Å². The molecule has 0 saturated heterocycles. The lowest BCUT2D eigenvalue weighted by Gasteiger charge is -2.70. The molecule has 1 aromatic carbocycles. The Bertz CT molecular complexity index is 1430.